The van der Waals surface area contributed by atoms with Crippen molar-refractivity contribution in [2.75, 3.05) is 0 Å². The number of hydrogen-bond donors (Lipinski definition) is 1. The van der Waals surface area contributed by atoms with E-state index < -0.39 is 5.60 Å². The lowest BCUT2D eigenvalue weighted by Crippen LogP contribution is -2.13. The summed E-state index contributed by atoms with van der Waals surface area (Å²) in [5.41, 5.74) is 1.20. The summed E-state index contributed by atoms with van der Waals surface area (Å²) in [6, 6.07) is 10.0. The Morgan fingerprint density at radius 1 is 1.25 bits per heavy atom. The quantitative estimate of drug-likeness (QED) is 0.831. The zero-order chi connectivity index (χ0) is 11.6. The molecule has 0 radical (unpaired) electrons. The molecule has 1 N–H and O–H groups in total. The van der Waals surface area contributed by atoms with Gasteiger partial charge in [-0.15, -0.1) is 0 Å². The molecule has 1 aromatic carbocycles. The van der Waals surface area contributed by atoms with Gasteiger partial charge in [-0.05, 0) is 31.5 Å². The number of rotatable bonds is 2. The predicted molar refractivity (Wildman–Crippen MR) is 67.1 cm³/mol. The molecular weight excluding hydrogens is 198 g/mol. The third-order valence-corrected chi connectivity index (χ3v) is 2.30. The van der Waals surface area contributed by atoms with Crippen LogP contribution in [0.3, 0.4) is 0 Å². The Morgan fingerprint density at radius 3 is 2.75 bits per heavy atom. The monoisotopic (exact) mass is 213 g/mol. The minimum absolute atomic E-state index is 0.786. The SMILES string of the molecule is CC(C)(O)/C=C/c1cnc2ccccc2c1. The fourth-order valence-electron chi connectivity index (χ4n) is 1.48. The van der Waals surface area contributed by atoms with E-state index in [0.717, 1.165) is 16.5 Å². The minimum Gasteiger partial charge on any atom is -0.386 e. The van der Waals surface area contributed by atoms with E-state index in [4.69, 9.17) is 0 Å². The van der Waals surface area contributed by atoms with Crippen molar-refractivity contribution in [2.45, 2.75) is 19.4 Å². The van der Waals surface area contributed by atoms with Crippen LogP contribution in [0.2, 0.25) is 0 Å². The molecule has 0 fully saturated rings. The van der Waals surface area contributed by atoms with Gasteiger partial charge in [0, 0.05) is 11.6 Å². The lowest BCUT2D eigenvalue weighted by Gasteiger charge is -2.09. The van der Waals surface area contributed by atoms with Gasteiger partial charge in [-0.25, -0.2) is 0 Å². The molecule has 0 aliphatic carbocycles. The van der Waals surface area contributed by atoms with Gasteiger partial charge in [0.1, 0.15) is 0 Å². The van der Waals surface area contributed by atoms with Crippen LogP contribution >= 0.6 is 0 Å². The number of fused-ring (bicyclic) bond motifs is 1. The molecule has 2 nitrogen and oxygen atoms in total. The average molecular weight is 213 g/mol. The first kappa shape index (κ1) is 10.8. The number of para-hydroxylation sites is 1. The Balaban J connectivity index is 2.37. The first-order valence-electron chi connectivity index (χ1n) is 5.31. The summed E-state index contributed by atoms with van der Waals surface area (Å²) in [5, 5.41) is 10.7. The van der Waals surface area contributed by atoms with Gasteiger partial charge in [0.25, 0.3) is 0 Å². The highest BCUT2D eigenvalue weighted by atomic mass is 16.3. The van der Waals surface area contributed by atoms with Crippen LogP contribution in [0.25, 0.3) is 17.0 Å². The summed E-state index contributed by atoms with van der Waals surface area (Å²) in [6.45, 7) is 3.50. The van der Waals surface area contributed by atoms with Crippen molar-refractivity contribution in [3.63, 3.8) is 0 Å². The molecule has 1 aromatic heterocycles. The highest BCUT2D eigenvalue weighted by Crippen LogP contribution is 2.15. The Hall–Kier alpha value is -1.67. The topological polar surface area (TPSA) is 33.1 Å². The molecule has 0 atom stereocenters. The second-order valence-corrected chi connectivity index (χ2v) is 4.45. The Labute approximate surface area is 95.3 Å². The fourth-order valence-corrected chi connectivity index (χ4v) is 1.48. The third kappa shape index (κ3) is 2.67. The van der Waals surface area contributed by atoms with Crippen molar-refractivity contribution in [1.29, 1.82) is 0 Å². The van der Waals surface area contributed by atoms with E-state index in [0.29, 0.717) is 0 Å². The van der Waals surface area contributed by atoms with Crippen molar-refractivity contribution in [3.05, 3.63) is 48.2 Å². The van der Waals surface area contributed by atoms with Gasteiger partial charge in [-0.1, -0.05) is 30.4 Å². The number of pyridine rings is 1. The van der Waals surface area contributed by atoms with E-state index in [1.165, 1.54) is 0 Å². The Bertz CT molecular complexity index is 523. The summed E-state index contributed by atoms with van der Waals surface area (Å²) >= 11 is 0. The maximum absolute atomic E-state index is 9.59. The zero-order valence-corrected chi connectivity index (χ0v) is 9.51. The van der Waals surface area contributed by atoms with Crippen molar-refractivity contribution in [1.82, 2.24) is 4.98 Å². The molecule has 0 unspecified atom stereocenters. The standard InChI is InChI=1S/C14H15NO/c1-14(2,16)8-7-11-9-12-5-3-4-6-13(12)15-10-11/h3-10,16H,1-2H3/b8-7+. The Kier molecular flexibility index (Phi) is 2.75. The molecule has 1 heterocycles. The molecule has 2 aromatic rings. The van der Waals surface area contributed by atoms with Gasteiger partial charge < -0.3 is 5.11 Å². The van der Waals surface area contributed by atoms with Crippen molar-refractivity contribution < 1.29 is 5.11 Å². The van der Waals surface area contributed by atoms with Gasteiger partial charge in [0.2, 0.25) is 0 Å². The van der Waals surface area contributed by atoms with E-state index in [-0.39, 0.29) is 0 Å². The molecule has 82 valence electrons. The van der Waals surface area contributed by atoms with Crippen LogP contribution in [0.4, 0.5) is 0 Å². The van der Waals surface area contributed by atoms with Crippen LogP contribution in [0.15, 0.2) is 42.6 Å². The molecule has 2 heteroatoms. The van der Waals surface area contributed by atoms with Crippen LogP contribution in [-0.2, 0) is 0 Å². The van der Waals surface area contributed by atoms with Crippen molar-refractivity contribution in [2.24, 2.45) is 0 Å². The highest BCUT2D eigenvalue weighted by Gasteiger charge is 2.05. The lowest BCUT2D eigenvalue weighted by molar-refractivity contribution is 0.134. The van der Waals surface area contributed by atoms with Gasteiger partial charge in [-0.3, -0.25) is 4.98 Å². The number of nitrogens with zero attached hydrogens (tertiary/aromatic N) is 1. The second-order valence-electron chi connectivity index (χ2n) is 4.45. The molecule has 0 amide bonds. The summed E-state index contributed by atoms with van der Waals surface area (Å²) in [5.74, 6) is 0. The van der Waals surface area contributed by atoms with E-state index in [1.807, 2.05) is 36.5 Å². The lowest BCUT2D eigenvalue weighted by atomic mass is 10.1. The normalized spacial score (nSPS) is 12.4. The number of benzene rings is 1. The molecule has 0 bridgehead atoms. The first-order valence-corrected chi connectivity index (χ1v) is 5.31. The number of aliphatic hydroxyl groups is 1. The minimum atomic E-state index is -0.786. The molecule has 0 aliphatic heterocycles. The Morgan fingerprint density at radius 2 is 2.00 bits per heavy atom. The molecule has 16 heavy (non-hydrogen) atoms. The summed E-state index contributed by atoms with van der Waals surface area (Å²) in [7, 11) is 0. The van der Waals surface area contributed by atoms with Crippen molar-refractivity contribution in [3.8, 4) is 0 Å². The third-order valence-electron chi connectivity index (χ3n) is 2.30. The average Bonchev–Trinajstić information content (AvgIpc) is 2.25. The van der Waals surface area contributed by atoms with Gasteiger partial charge in [-0.2, -0.15) is 0 Å². The molecule has 0 aliphatic rings. The predicted octanol–water partition coefficient (Wildman–Crippen LogP) is 3.02. The summed E-state index contributed by atoms with van der Waals surface area (Å²) in [6.07, 6.45) is 5.46. The number of hydrogen-bond acceptors (Lipinski definition) is 2. The van der Waals surface area contributed by atoms with Crippen LogP contribution in [-0.4, -0.2) is 15.7 Å². The largest absolute Gasteiger partial charge is 0.386 e. The molecular formula is C14H15NO. The van der Waals surface area contributed by atoms with Gasteiger partial charge in [0.05, 0.1) is 11.1 Å². The maximum atomic E-state index is 9.59. The molecule has 0 saturated carbocycles. The molecule has 0 spiro atoms. The van der Waals surface area contributed by atoms with Gasteiger partial charge in [0.15, 0.2) is 0 Å². The van der Waals surface area contributed by atoms with Crippen LogP contribution < -0.4 is 0 Å². The second kappa shape index (κ2) is 4.06. The zero-order valence-electron chi connectivity index (χ0n) is 9.51. The molecule has 2 rings (SSSR count). The van der Waals surface area contributed by atoms with E-state index in [9.17, 15) is 5.11 Å². The smallest absolute Gasteiger partial charge is 0.0774 e. The van der Waals surface area contributed by atoms with E-state index in [2.05, 4.69) is 11.1 Å². The van der Waals surface area contributed by atoms with Crippen molar-refractivity contribution >= 4 is 17.0 Å². The maximum Gasteiger partial charge on any atom is 0.0774 e. The fraction of sp³-hybridized carbons (Fsp3) is 0.214. The van der Waals surface area contributed by atoms with E-state index >= 15 is 0 Å². The van der Waals surface area contributed by atoms with Crippen LogP contribution in [0.1, 0.15) is 19.4 Å². The first-order chi connectivity index (χ1) is 7.54. The van der Waals surface area contributed by atoms with Crippen LogP contribution in [0, 0.1) is 0 Å². The van der Waals surface area contributed by atoms with Gasteiger partial charge >= 0.3 is 0 Å². The summed E-state index contributed by atoms with van der Waals surface area (Å²) < 4.78 is 0. The number of aromatic nitrogens is 1. The highest BCUT2D eigenvalue weighted by molar-refractivity contribution is 5.80. The van der Waals surface area contributed by atoms with Crippen LogP contribution in [0.5, 0.6) is 0 Å². The van der Waals surface area contributed by atoms with E-state index in [1.54, 1.807) is 19.9 Å². The summed E-state index contributed by atoms with van der Waals surface area (Å²) in [4.78, 5) is 4.35. The molecule has 0 saturated heterocycles.